The molecule has 5 rings (SSSR count). The molecule has 1 saturated heterocycles. The number of nitrogens with one attached hydrogen (secondary N) is 1. The van der Waals surface area contributed by atoms with E-state index in [2.05, 4.69) is 41.5 Å². The third-order valence-electron chi connectivity index (χ3n) is 6.03. The number of rotatable bonds is 6. The highest BCUT2D eigenvalue weighted by Crippen LogP contribution is 2.27. The van der Waals surface area contributed by atoms with E-state index in [1.807, 2.05) is 0 Å². The molecule has 188 valence electrons. The van der Waals surface area contributed by atoms with Crippen LogP contribution in [0.3, 0.4) is 0 Å². The number of alkyl halides is 1. The fourth-order valence-corrected chi connectivity index (χ4v) is 4.68. The first kappa shape index (κ1) is 24.4. The van der Waals surface area contributed by atoms with Crippen molar-refractivity contribution in [3.8, 4) is 11.1 Å². The zero-order valence-electron chi connectivity index (χ0n) is 19.2. The van der Waals surface area contributed by atoms with Crippen LogP contribution in [0.2, 0.25) is 0 Å². The Morgan fingerprint density at radius 1 is 1.14 bits per heavy atom. The molecule has 2 atom stereocenters. The molecule has 0 radical (unpaired) electrons. The molecular weight excluding hydrogens is 547 g/mol. The van der Waals surface area contributed by atoms with Crippen molar-refractivity contribution >= 4 is 50.4 Å². The zero-order chi connectivity index (χ0) is 26.1. The molecule has 4 heterocycles. The van der Waals surface area contributed by atoms with Gasteiger partial charge in [0, 0.05) is 17.4 Å². The van der Waals surface area contributed by atoms with Gasteiger partial charge in [0.25, 0.3) is 5.91 Å². The molecule has 0 aliphatic carbocycles. The highest BCUT2D eigenvalue weighted by Gasteiger charge is 2.40. The highest BCUT2D eigenvalue weighted by atomic mass is 79.9. The minimum atomic E-state index is -1.36. The molecular formula is C24H20BrFN8O3. The highest BCUT2D eigenvalue weighted by molar-refractivity contribution is 9.10. The Morgan fingerprint density at radius 3 is 2.70 bits per heavy atom. The largest absolute Gasteiger partial charge is 0.364 e. The van der Waals surface area contributed by atoms with Gasteiger partial charge in [-0.25, -0.2) is 9.37 Å². The summed E-state index contributed by atoms with van der Waals surface area (Å²) >= 11 is 3.23. The van der Waals surface area contributed by atoms with Gasteiger partial charge in [-0.3, -0.25) is 19.1 Å². The lowest BCUT2D eigenvalue weighted by Crippen LogP contribution is -2.44. The molecule has 1 aromatic carbocycles. The molecule has 1 fully saturated rings. The summed E-state index contributed by atoms with van der Waals surface area (Å²) in [5.41, 5.74) is 7.57. The third-order valence-corrected chi connectivity index (χ3v) is 6.47. The van der Waals surface area contributed by atoms with Gasteiger partial charge in [0.1, 0.15) is 29.2 Å². The van der Waals surface area contributed by atoms with E-state index in [0.29, 0.717) is 15.5 Å². The number of nitrogens with zero attached hydrogens (tertiary/aromatic N) is 6. The summed E-state index contributed by atoms with van der Waals surface area (Å²) in [4.78, 5) is 43.6. The number of anilines is 1. The van der Waals surface area contributed by atoms with E-state index in [1.165, 1.54) is 9.58 Å². The van der Waals surface area contributed by atoms with Crippen molar-refractivity contribution in [1.29, 1.82) is 0 Å². The second-order valence-corrected chi connectivity index (χ2v) is 9.28. The summed E-state index contributed by atoms with van der Waals surface area (Å²) in [6.07, 6.45) is 1.63. The Hall–Kier alpha value is -4.26. The minimum absolute atomic E-state index is 0.00789. The van der Waals surface area contributed by atoms with Gasteiger partial charge in [-0.1, -0.05) is 12.1 Å². The van der Waals surface area contributed by atoms with Crippen molar-refractivity contribution in [2.45, 2.75) is 25.2 Å². The molecule has 0 bridgehead atoms. The number of hydrogen-bond donors (Lipinski definition) is 2. The predicted octanol–water partition coefficient (Wildman–Crippen LogP) is 2.33. The maximum absolute atomic E-state index is 14.4. The smallest absolute Gasteiger partial charge is 0.269 e. The number of amides is 3. The van der Waals surface area contributed by atoms with Crippen molar-refractivity contribution in [2.75, 3.05) is 11.9 Å². The molecule has 2 unspecified atom stereocenters. The van der Waals surface area contributed by atoms with Crippen LogP contribution in [0.15, 0.2) is 59.5 Å². The zero-order valence-corrected chi connectivity index (χ0v) is 20.8. The fraction of sp³-hybridized carbons (Fsp3) is 0.208. The molecule has 13 heteroatoms. The number of benzene rings is 1. The van der Waals surface area contributed by atoms with Gasteiger partial charge in [-0.05, 0) is 51.8 Å². The van der Waals surface area contributed by atoms with E-state index < -0.39 is 29.9 Å². The number of carbonyl (C=O) groups is 3. The predicted molar refractivity (Wildman–Crippen MR) is 135 cm³/mol. The van der Waals surface area contributed by atoms with Crippen LogP contribution >= 0.6 is 15.9 Å². The lowest BCUT2D eigenvalue weighted by Gasteiger charge is -2.23. The molecule has 1 aliphatic rings. The average Bonchev–Trinajstić information content (AvgIpc) is 3.45. The topological polar surface area (TPSA) is 149 Å². The van der Waals surface area contributed by atoms with Gasteiger partial charge in [0.15, 0.2) is 5.69 Å². The number of primary amides is 1. The van der Waals surface area contributed by atoms with Crippen LogP contribution in [-0.4, -0.2) is 66.3 Å². The van der Waals surface area contributed by atoms with Crippen LogP contribution in [0.4, 0.5) is 10.2 Å². The van der Waals surface area contributed by atoms with Gasteiger partial charge in [-0.2, -0.15) is 15.3 Å². The Balaban J connectivity index is 1.41. The Kier molecular flexibility index (Phi) is 6.61. The monoisotopic (exact) mass is 566 g/mol. The lowest BCUT2D eigenvalue weighted by atomic mass is 10.0. The van der Waals surface area contributed by atoms with Crippen molar-refractivity contribution < 1.29 is 18.8 Å². The van der Waals surface area contributed by atoms with Crippen LogP contribution in [0, 0.1) is 0 Å². The van der Waals surface area contributed by atoms with Gasteiger partial charge in [0.05, 0.1) is 24.5 Å². The summed E-state index contributed by atoms with van der Waals surface area (Å²) in [6, 6.07) is 11.0. The number of hydrogen-bond acceptors (Lipinski definition) is 7. The van der Waals surface area contributed by atoms with Crippen LogP contribution in [0.25, 0.3) is 22.0 Å². The minimum Gasteiger partial charge on any atom is -0.364 e. The number of aromatic nitrogens is 5. The van der Waals surface area contributed by atoms with Crippen LogP contribution in [0.1, 0.15) is 16.9 Å². The van der Waals surface area contributed by atoms with Crippen molar-refractivity contribution in [2.24, 2.45) is 5.73 Å². The number of carbonyl (C=O) groups excluding carboxylic acids is 3. The Morgan fingerprint density at radius 2 is 1.97 bits per heavy atom. The van der Waals surface area contributed by atoms with E-state index in [4.69, 9.17) is 5.73 Å². The summed E-state index contributed by atoms with van der Waals surface area (Å²) in [5, 5.41) is 15.0. The Bertz CT molecular complexity index is 1510. The first-order valence-corrected chi connectivity index (χ1v) is 12.0. The van der Waals surface area contributed by atoms with E-state index in [0.717, 1.165) is 11.1 Å². The standard InChI is InChI=1S/C24H20BrFN8O3/c25-19-2-1-3-20(30-19)31-24(37)18-9-15(26)11-33(18)21(35)12-34-17-5-4-13(14-6-7-28-29-10-14)8-16(17)22(32-34)23(27)36/h1-8,10,15,18H,9,11-12H2,(H2,27,36)(H,30,31,37). The number of halogens is 2. The third kappa shape index (κ3) is 5.03. The summed E-state index contributed by atoms with van der Waals surface area (Å²) in [7, 11) is 0. The summed E-state index contributed by atoms with van der Waals surface area (Å²) in [6.45, 7) is -0.546. The SMILES string of the molecule is NC(=O)c1nn(CC(=O)N2CC(F)CC2C(=O)Nc2cccc(Br)n2)c2ccc(-c3ccnnc3)cc12. The molecule has 1 aliphatic heterocycles. The van der Waals surface area contributed by atoms with Gasteiger partial charge in [-0.15, -0.1) is 0 Å². The quantitative estimate of drug-likeness (QED) is 0.340. The molecule has 37 heavy (non-hydrogen) atoms. The molecule has 4 aromatic rings. The van der Waals surface area contributed by atoms with Crippen molar-refractivity contribution in [1.82, 2.24) is 29.9 Å². The first-order chi connectivity index (χ1) is 17.8. The van der Waals surface area contributed by atoms with E-state index in [1.54, 1.807) is 54.9 Å². The molecule has 11 nitrogen and oxygen atoms in total. The van der Waals surface area contributed by atoms with Crippen LogP contribution < -0.4 is 11.1 Å². The first-order valence-electron chi connectivity index (χ1n) is 11.2. The van der Waals surface area contributed by atoms with E-state index >= 15 is 0 Å². The molecule has 0 spiro atoms. The Labute approximate surface area is 218 Å². The maximum atomic E-state index is 14.4. The summed E-state index contributed by atoms with van der Waals surface area (Å²) in [5.74, 6) is -1.55. The molecule has 3 aromatic heterocycles. The number of fused-ring (bicyclic) bond motifs is 1. The van der Waals surface area contributed by atoms with Crippen LogP contribution in [0.5, 0.6) is 0 Å². The van der Waals surface area contributed by atoms with Gasteiger partial charge < -0.3 is 16.0 Å². The maximum Gasteiger partial charge on any atom is 0.269 e. The van der Waals surface area contributed by atoms with Crippen molar-refractivity contribution in [3.63, 3.8) is 0 Å². The second kappa shape index (κ2) is 10.0. The second-order valence-electron chi connectivity index (χ2n) is 8.46. The normalized spacial score (nSPS) is 17.2. The van der Waals surface area contributed by atoms with Gasteiger partial charge in [0.2, 0.25) is 11.8 Å². The average molecular weight is 567 g/mol. The number of likely N-dealkylation sites (tertiary alicyclic amines) is 1. The molecule has 3 N–H and O–H groups in total. The van der Waals surface area contributed by atoms with E-state index in [-0.39, 0.29) is 31.0 Å². The number of nitrogens with two attached hydrogens (primary N) is 1. The fourth-order valence-electron chi connectivity index (χ4n) is 4.34. The summed E-state index contributed by atoms with van der Waals surface area (Å²) < 4.78 is 16.2. The number of pyridine rings is 1. The van der Waals surface area contributed by atoms with E-state index in [9.17, 15) is 18.8 Å². The molecule has 0 saturated carbocycles. The van der Waals surface area contributed by atoms with Crippen molar-refractivity contribution in [3.05, 3.63) is 65.2 Å². The lowest BCUT2D eigenvalue weighted by molar-refractivity contribution is -0.137. The van der Waals surface area contributed by atoms with Gasteiger partial charge >= 0.3 is 0 Å². The molecule has 3 amide bonds. The van der Waals surface area contributed by atoms with Crippen LogP contribution in [-0.2, 0) is 16.1 Å².